The Bertz CT molecular complexity index is 649. The van der Waals surface area contributed by atoms with E-state index in [1.54, 1.807) is 18.2 Å². The minimum Gasteiger partial charge on any atom is -0.495 e. The average Bonchev–Trinajstić information content (AvgIpc) is 2.45. The lowest BCUT2D eigenvalue weighted by molar-refractivity contribution is 0.218. The summed E-state index contributed by atoms with van der Waals surface area (Å²) in [5.41, 5.74) is 0.672. The SMILES string of the molecule is COc1cc(C(O)c2ccc(F)c(F)c2Br)ccc1Cl. The monoisotopic (exact) mass is 362 g/mol. The van der Waals surface area contributed by atoms with Crippen LogP contribution in [-0.2, 0) is 0 Å². The summed E-state index contributed by atoms with van der Waals surface area (Å²) in [4.78, 5) is 0. The Kier molecular flexibility index (Phi) is 4.62. The van der Waals surface area contributed by atoms with Gasteiger partial charge in [-0.3, -0.25) is 0 Å². The topological polar surface area (TPSA) is 29.5 Å². The predicted molar refractivity (Wildman–Crippen MR) is 76.1 cm³/mol. The van der Waals surface area contributed by atoms with Crippen LogP contribution in [0.25, 0.3) is 0 Å². The smallest absolute Gasteiger partial charge is 0.173 e. The maximum Gasteiger partial charge on any atom is 0.173 e. The van der Waals surface area contributed by atoms with Crippen molar-refractivity contribution < 1.29 is 18.6 Å². The first-order chi connectivity index (χ1) is 9.45. The summed E-state index contributed by atoms with van der Waals surface area (Å²) < 4.78 is 31.5. The lowest BCUT2D eigenvalue weighted by Gasteiger charge is -2.15. The highest BCUT2D eigenvalue weighted by Crippen LogP contribution is 2.34. The van der Waals surface area contributed by atoms with Gasteiger partial charge in [-0.25, -0.2) is 8.78 Å². The van der Waals surface area contributed by atoms with Gasteiger partial charge in [0.15, 0.2) is 11.6 Å². The van der Waals surface area contributed by atoms with E-state index >= 15 is 0 Å². The van der Waals surface area contributed by atoms with Crippen molar-refractivity contribution in [3.05, 3.63) is 62.6 Å². The van der Waals surface area contributed by atoms with Gasteiger partial charge < -0.3 is 9.84 Å². The van der Waals surface area contributed by atoms with Crippen molar-refractivity contribution >= 4 is 27.5 Å². The van der Waals surface area contributed by atoms with E-state index in [9.17, 15) is 13.9 Å². The zero-order valence-corrected chi connectivity index (χ0v) is 12.7. The van der Waals surface area contributed by atoms with Gasteiger partial charge in [-0.05, 0) is 39.7 Å². The molecular weight excluding hydrogens is 354 g/mol. The normalized spacial score (nSPS) is 12.3. The van der Waals surface area contributed by atoms with Gasteiger partial charge in [0.2, 0.25) is 0 Å². The fourth-order valence-corrected chi connectivity index (χ4v) is 2.51. The Morgan fingerprint density at radius 3 is 2.60 bits per heavy atom. The Morgan fingerprint density at radius 2 is 1.95 bits per heavy atom. The summed E-state index contributed by atoms with van der Waals surface area (Å²) >= 11 is 8.85. The molecule has 0 aliphatic heterocycles. The van der Waals surface area contributed by atoms with E-state index in [1.165, 1.54) is 13.2 Å². The molecule has 0 saturated carbocycles. The van der Waals surface area contributed by atoms with Gasteiger partial charge in [-0.2, -0.15) is 0 Å². The van der Waals surface area contributed by atoms with Crippen LogP contribution in [0.2, 0.25) is 5.02 Å². The second-order valence-corrected chi connectivity index (χ2v) is 5.26. The minimum atomic E-state index is -1.13. The Hall–Kier alpha value is -1.17. The summed E-state index contributed by atoms with van der Waals surface area (Å²) in [5, 5.41) is 10.7. The molecule has 0 aromatic heterocycles. The molecule has 2 aromatic rings. The van der Waals surface area contributed by atoms with Crippen molar-refractivity contribution in [2.45, 2.75) is 6.10 Å². The Balaban J connectivity index is 2.46. The molecular formula is C14H10BrClF2O2. The van der Waals surface area contributed by atoms with Crippen LogP contribution in [0.15, 0.2) is 34.8 Å². The van der Waals surface area contributed by atoms with Gasteiger partial charge in [-0.1, -0.05) is 23.7 Å². The van der Waals surface area contributed by atoms with Crippen LogP contribution in [0.4, 0.5) is 8.78 Å². The van der Waals surface area contributed by atoms with E-state index < -0.39 is 17.7 Å². The van der Waals surface area contributed by atoms with E-state index in [0.717, 1.165) is 6.07 Å². The van der Waals surface area contributed by atoms with Gasteiger partial charge in [0.1, 0.15) is 11.9 Å². The van der Waals surface area contributed by atoms with Crippen molar-refractivity contribution in [2.75, 3.05) is 7.11 Å². The largest absolute Gasteiger partial charge is 0.495 e. The quantitative estimate of drug-likeness (QED) is 0.815. The second kappa shape index (κ2) is 6.08. The summed E-state index contributed by atoms with van der Waals surface area (Å²) in [5.74, 6) is -1.63. The van der Waals surface area contributed by atoms with Crippen LogP contribution in [0.5, 0.6) is 5.75 Å². The van der Waals surface area contributed by atoms with Crippen LogP contribution >= 0.6 is 27.5 Å². The van der Waals surface area contributed by atoms with E-state index in [4.69, 9.17) is 16.3 Å². The van der Waals surface area contributed by atoms with Crippen LogP contribution in [0.1, 0.15) is 17.2 Å². The molecule has 0 aliphatic carbocycles. The fraction of sp³-hybridized carbons (Fsp3) is 0.143. The fourth-order valence-electron chi connectivity index (χ4n) is 1.78. The minimum absolute atomic E-state index is 0.112. The third kappa shape index (κ3) is 2.80. The Morgan fingerprint density at radius 1 is 1.25 bits per heavy atom. The van der Waals surface area contributed by atoms with E-state index in [2.05, 4.69) is 15.9 Å². The first-order valence-electron chi connectivity index (χ1n) is 5.60. The maximum atomic E-state index is 13.5. The number of benzene rings is 2. The third-order valence-electron chi connectivity index (χ3n) is 2.85. The molecule has 20 heavy (non-hydrogen) atoms. The molecule has 1 atom stereocenters. The van der Waals surface area contributed by atoms with Gasteiger partial charge in [0.25, 0.3) is 0 Å². The van der Waals surface area contributed by atoms with Crippen molar-refractivity contribution in [2.24, 2.45) is 0 Å². The average molecular weight is 364 g/mol. The Labute approximate surface area is 128 Å². The zero-order valence-electron chi connectivity index (χ0n) is 10.3. The van der Waals surface area contributed by atoms with E-state index in [-0.39, 0.29) is 10.0 Å². The van der Waals surface area contributed by atoms with Gasteiger partial charge in [0.05, 0.1) is 16.6 Å². The van der Waals surface area contributed by atoms with Gasteiger partial charge >= 0.3 is 0 Å². The molecule has 0 aliphatic rings. The highest BCUT2D eigenvalue weighted by atomic mass is 79.9. The first kappa shape index (κ1) is 15.2. The molecule has 2 nitrogen and oxygen atoms in total. The molecule has 6 heteroatoms. The number of rotatable bonds is 3. The standard InChI is InChI=1S/C14H10BrClF2O2/c1-20-11-6-7(2-4-9(11)16)14(19)8-3-5-10(17)13(18)12(8)15/h2-6,14,19H,1H3. The molecule has 106 valence electrons. The van der Waals surface area contributed by atoms with E-state index in [1.807, 2.05) is 0 Å². The molecule has 1 unspecified atom stereocenters. The van der Waals surface area contributed by atoms with Crippen LogP contribution in [0, 0.1) is 11.6 Å². The predicted octanol–water partition coefficient (Wildman–Crippen LogP) is 4.47. The number of methoxy groups -OCH3 is 1. The zero-order chi connectivity index (χ0) is 14.9. The molecule has 1 N–H and O–H groups in total. The van der Waals surface area contributed by atoms with Gasteiger partial charge in [0, 0.05) is 5.56 Å². The number of aliphatic hydroxyl groups excluding tert-OH is 1. The molecule has 0 bridgehead atoms. The number of hydrogen-bond acceptors (Lipinski definition) is 2. The lowest BCUT2D eigenvalue weighted by atomic mass is 10.0. The summed E-state index contributed by atoms with van der Waals surface area (Å²) in [7, 11) is 1.45. The summed E-state index contributed by atoms with van der Waals surface area (Å²) in [6, 6.07) is 6.97. The molecule has 0 spiro atoms. The molecule has 0 radical (unpaired) electrons. The van der Waals surface area contributed by atoms with Crippen molar-refractivity contribution in [1.29, 1.82) is 0 Å². The second-order valence-electron chi connectivity index (χ2n) is 4.06. The first-order valence-corrected chi connectivity index (χ1v) is 6.77. The van der Waals surface area contributed by atoms with Gasteiger partial charge in [-0.15, -0.1) is 0 Å². The van der Waals surface area contributed by atoms with Crippen LogP contribution < -0.4 is 4.74 Å². The molecule has 0 amide bonds. The van der Waals surface area contributed by atoms with Crippen molar-refractivity contribution in [3.8, 4) is 5.75 Å². The van der Waals surface area contributed by atoms with Crippen molar-refractivity contribution in [1.82, 2.24) is 0 Å². The van der Waals surface area contributed by atoms with Crippen LogP contribution in [0.3, 0.4) is 0 Å². The summed E-state index contributed by atoms with van der Waals surface area (Å²) in [6.45, 7) is 0. The molecule has 0 saturated heterocycles. The number of ether oxygens (including phenoxy) is 1. The maximum absolute atomic E-state index is 13.5. The highest BCUT2D eigenvalue weighted by molar-refractivity contribution is 9.10. The molecule has 2 rings (SSSR count). The molecule has 0 heterocycles. The van der Waals surface area contributed by atoms with Crippen LogP contribution in [-0.4, -0.2) is 12.2 Å². The summed E-state index contributed by atoms with van der Waals surface area (Å²) in [6.07, 6.45) is -1.13. The number of aliphatic hydroxyl groups is 1. The molecule has 0 fully saturated rings. The lowest BCUT2D eigenvalue weighted by Crippen LogP contribution is -2.03. The number of hydrogen-bond donors (Lipinski definition) is 1. The van der Waals surface area contributed by atoms with E-state index in [0.29, 0.717) is 16.3 Å². The molecule has 2 aromatic carbocycles. The van der Waals surface area contributed by atoms with Crippen molar-refractivity contribution in [3.63, 3.8) is 0 Å². The highest BCUT2D eigenvalue weighted by Gasteiger charge is 2.19. The third-order valence-corrected chi connectivity index (χ3v) is 3.97. The number of halogens is 4.